The monoisotopic (exact) mass is 226 g/mol. The van der Waals surface area contributed by atoms with E-state index in [-0.39, 0.29) is 0 Å². The van der Waals surface area contributed by atoms with Gasteiger partial charge in [0.15, 0.2) is 9.84 Å². The first kappa shape index (κ1) is 10.7. The van der Waals surface area contributed by atoms with E-state index >= 15 is 0 Å². The van der Waals surface area contributed by atoms with E-state index in [1.807, 2.05) is 0 Å². The van der Waals surface area contributed by atoms with Gasteiger partial charge in [-0.05, 0) is 17.9 Å². The smallest absolute Gasteiger partial charge is 0.151 e. The van der Waals surface area contributed by atoms with Crippen LogP contribution < -0.4 is 0 Å². The predicted octanol–water partition coefficient (Wildman–Crippen LogP) is 1.27. The van der Waals surface area contributed by atoms with Gasteiger partial charge in [-0.1, -0.05) is 0 Å². The third-order valence-electron chi connectivity index (χ3n) is 1.65. The highest BCUT2D eigenvalue weighted by molar-refractivity contribution is 8.02. The zero-order valence-electron chi connectivity index (χ0n) is 6.99. The Morgan fingerprint density at radius 3 is 1.83 bits per heavy atom. The molecule has 1 aliphatic heterocycles. The number of sulfone groups is 1. The second-order valence-corrected chi connectivity index (χ2v) is 7.48. The van der Waals surface area contributed by atoms with Gasteiger partial charge in [0.25, 0.3) is 0 Å². The maximum Gasteiger partial charge on any atom is 0.151 e. The SMILES string of the molecule is O=S1(=O)CCSCCCSCC1. The Balaban J connectivity index is 2.38. The minimum atomic E-state index is -2.72. The minimum Gasteiger partial charge on any atom is -0.229 e. The zero-order valence-corrected chi connectivity index (χ0v) is 9.44. The first-order chi connectivity index (χ1) is 5.71. The average Bonchev–Trinajstić information content (AvgIpc) is 2.02. The molecule has 1 aliphatic rings. The Morgan fingerprint density at radius 2 is 1.33 bits per heavy atom. The molecule has 0 spiro atoms. The van der Waals surface area contributed by atoms with Crippen LogP contribution in [0.4, 0.5) is 0 Å². The van der Waals surface area contributed by atoms with Crippen LogP contribution >= 0.6 is 23.5 Å². The highest BCUT2D eigenvalue weighted by Gasteiger charge is 2.11. The molecule has 0 bridgehead atoms. The van der Waals surface area contributed by atoms with Crippen molar-refractivity contribution >= 4 is 33.4 Å². The molecular weight excluding hydrogens is 212 g/mol. The molecule has 1 rings (SSSR count). The normalized spacial score (nSPS) is 26.3. The fraction of sp³-hybridized carbons (Fsp3) is 1.00. The van der Waals surface area contributed by atoms with Gasteiger partial charge in [-0.15, -0.1) is 0 Å². The Kier molecular flexibility index (Phi) is 4.82. The maximum atomic E-state index is 11.3. The van der Waals surface area contributed by atoms with E-state index in [9.17, 15) is 8.42 Å². The molecule has 0 radical (unpaired) electrons. The van der Waals surface area contributed by atoms with Gasteiger partial charge < -0.3 is 0 Å². The Hall–Kier alpha value is 0.650. The highest BCUT2D eigenvalue weighted by atomic mass is 32.2. The summed E-state index contributed by atoms with van der Waals surface area (Å²) in [6.45, 7) is 0. The molecule has 0 aliphatic carbocycles. The first-order valence-electron chi connectivity index (χ1n) is 4.07. The molecule has 0 atom stereocenters. The van der Waals surface area contributed by atoms with Crippen molar-refractivity contribution in [2.45, 2.75) is 6.42 Å². The molecule has 0 N–H and O–H groups in total. The third kappa shape index (κ3) is 4.62. The summed E-state index contributed by atoms with van der Waals surface area (Å²) in [6.07, 6.45) is 1.22. The fourth-order valence-electron chi connectivity index (χ4n) is 0.941. The first-order valence-corrected chi connectivity index (χ1v) is 8.20. The van der Waals surface area contributed by atoms with Crippen molar-refractivity contribution in [1.29, 1.82) is 0 Å². The average molecular weight is 226 g/mol. The molecule has 72 valence electrons. The Labute approximate surface area is 82.8 Å². The van der Waals surface area contributed by atoms with E-state index in [4.69, 9.17) is 0 Å². The predicted molar refractivity (Wildman–Crippen MR) is 57.9 cm³/mol. The van der Waals surface area contributed by atoms with E-state index < -0.39 is 9.84 Å². The summed E-state index contributed by atoms with van der Waals surface area (Å²) in [6, 6.07) is 0. The van der Waals surface area contributed by atoms with Gasteiger partial charge in [0.2, 0.25) is 0 Å². The van der Waals surface area contributed by atoms with Crippen LogP contribution in [0.5, 0.6) is 0 Å². The molecule has 12 heavy (non-hydrogen) atoms. The maximum absolute atomic E-state index is 11.3. The van der Waals surface area contributed by atoms with Gasteiger partial charge in [0, 0.05) is 11.5 Å². The van der Waals surface area contributed by atoms with Crippen LogP contribution in [0.3, 0.4) is 0 Å². The molecule has 1 fully saturated rings. The molecule has 2 nitrogen and oxygen atoms in total. The van der Waals surface area contributed by atoms with Crippen LogP contribution in [0.25, 0.3) is 0 Å². The highest BCUT2D eigenvalue weighted by Crippen LogP contribution is 2.12. The molecule has 0 aromatic heterocycles. The van der Waals surface area contributed by atoms with E-state index in [0.717, 1.165) is 23.0 Å². The van der Waals surface area contributed by atoms with Gasteiger partial charge in [0.1, 0.15) is 0 Å². The zero-order chi connectivity index (χ0) is 8.86. The molecule has 0 aromatic rings. The minimum absolute atomic E-state index is 0.373. The van der Waals surface area contributed by atoms with Gasteiger partial charge >= 0.3 is 0 Å². The summed E-state index contributed by atoms with van der Waals surface area (Å²) in [4.78, 5) is 0. The standard InChI is InChI=1S/C7H14O2S3/c8-12(9)6-4-10-2-1-3-11-5-7-12/h1-7H2. The largest absolute Gasteiger partial charge is 0.229 e. The van der Waals surface area contributed by atoms with Crippen LogP contribution in [-0.4, -0.2) is 42.9 Å². The molecule has 5 heteroatoms. The van der Waals surface area contributed by atoms with E-state index in [1.54, 1.807) is 23.5 Å². The number of thioether (sulfide) groups is 2. The molecule has 0 unspecified atom stereocenters. The quantitative estimate of drug-likeness (QED) is 0.623. The fourth-order valence-corrected chi connectivity index (χ4v) is 5.41. The summed E-state index contributed by atoms with van der Waals surface area (Å²) in [5, 5.41) is 0. The Morgan fingerprint density at radius 1 is 0.833 bits per heavy atom. The van der Waals surface area contributed by atoms with Gasteiger partial charge in [-0.3, -0.25) is 0 Å². The lowest BCUT2D eigenvalue weighted by atomic mass is 10.6. The summed E-state index contributed by atoms with van der Waals surface area (Å²) in [5.74, 6) is 4.54. The third-order valence-corrected chi connectivity index (χ3v) is 5.96. The van der Waals surface area contributed by atoms with Gasteiger partial charge in [0.05, 0.1) is 11.5 Å². The van der Waals surface area contributed by atoms with Crippen molar-refractivity contribution in [1.82, 2.24) is 0 Å². The van der Waals surface area contributed by atoms with Crippen LogP contribution in [0.2, 0.25) is 0 Å². The Bertz CT molecular complexity index is 195. The van der Waals surface area contributed by atoms with Crippen molar-refractivity contribution in [3.63, 3.8) is 0 Å². The van der Waals surface area contributed by atoms with Gasteiger partial charge in [-0.25, -0.2) is 8.42 Å². The molecular formula is C7H14O2S3. The lowest BCUT2D eigenvalue weighted by Gasteiger charge is -2.07. The van der Waals surface area contributed by atoms with E-state index in [2.05, 4.69) is 0 Å². The molecule has 0 saturated carbocycles. The summed E-state index contributed by atoms with van der Waals surface area (Å²) in [5.41, 5.74) is 0. The number of rotatable bonds is 0. The van der Waals surface area contributed by atoms with Gasteiger partial charge in [-0.2, -0.15) is 23.5 Å². The lowest BCUT2D eigenvalue weighted by Crippen LogP contribution is -2.15. The van der Waals surface area contributed by atoms with Crippen molar-refractivity contribution in [3.8, 4) is 0 Å². The van der Waals surface area contributed by atoms with E-state index in [1.165, 1.54) is 6.42 Å². The summed E-state index contributed by atoms with van der Waals surface area (Å²) < 4.78 is 22.5. The second kappa shape index (κ2) is 5.40. The van der Waals surface area contributed by atoms with Crippen LogP contribution in [0, 0.1) is 0 Å². The topological polar surface area (TPSA) is 34.1 Å². The van der Waals surface area contributed by atoms with Crippen molar-refractivity contribution in [3.05, 3.63) is 0 Å². The lowest BCUT2D eigenvalue weighted by molar-refractivity contribution is 0.599. The van der Waals surface area contributed by atoms with Crippen LogP contribution in [0.1, 0.15) is 6.42 Å². The van der Waals surface area contributed by atoms with Crippen LogP contribution in [0.15, 0.2) is 0 Å². The van der Waals surface area contributed by atoms with Crippen molar-refractivity contribution in [2.24, 2.45) is 0 Å². The molecule has 1 saturated heterocycles. The molecule has 0 aromatic carbocycles. The molecule has 1 heterocycles. The summed E-state index contributed by atoms with van der Waals surface area (Å²) >= 11 is 3.52. The molecule has 0 amide bonds. The van der Waals surface area contributed by atoms with Crippen molar-refractivity contribution < 1.29 is 8.42 Å². The van der Waals surface area contributed by atoms with E-state index in [0.29, 0.717) is 11.5 Å². The number of hydrogen-bond acceptors (Lipinski definition) is 4. The van der Waals surface area contributed by atoms with Crippen molar-refractivity contribution in [2.75, 3.05) is 34.5 Å². The summed E-state index contributed by atoms with van der Waals surface area (Å²) in [7, 11) is -2.72. The second-order valence-electron chi connectivity index (χ2n) is 2.73. The number of hydrogen-bond donors (Lipinski definition) is 0. The van der Waals surface area contributed by atoms with Crippen LogP contribution in [-0.2, 0) is 9.84 Å².